The predicted octanol–water partition coefficient (Wildman–Crippen LogP) is 3.98. The molecule has 8 heteroatoms. The first-order chi connectivity index (χ1) is 12.0. The van der Waals surface area contributed by atoms with Gasteiger partial charge in [-0.15, -0.1) is 0 Å². The van der Waals surface area contributed by atoms with Crippen LogP contribution in [0.1, 0.15) is 6.92 Å². The largest absolute Gasteiger partial charge is 0.481 e. The van der Waals surface area contributed by atoms with Crippen LogP contribution in [0.2, 0.25) is 10.0 Å². The molecule has 0 bridgehead atoms. The number of nitrogens with one attached hydrogen (secondary N) is 1. The number of anilines is 1. The van der Waals surface area contributed by atoms with Crippen LogP contribution in [-0.2, 0) is 4.79 Å². The molecule has 0 aliphatic heterocycles. The van der Waals surface area contributed by atoms with Crippen LogP contribution in [0.15, 0.2) is 55.1 Å². The van der Waals surface area contributed by atoms with Crippen LogP contribution in [0.4, 0.5) is 5.69 Å². The molecule has 3 aromatic rings. The quantitative estimate of drug-likeness (QED) is 0.730. The van der Waals surface area contributed by atoms with Crippen molar-refractivity contribution in [3.63, 3.8) is 0 Å². The molecule has 0 saturated heterocycles. The van der Waals surface area contributed by atoms with E-state index in [1.54, 1.807) is 49.4 Å². The Hall–Kier alpha value is -2.57. The Morgan fingerprint density at radius 2 is 1.88 bits per heavy atom. The van der Waals surface area contributed by atoms with Crippen LogP contribution in [0.5, 0.6) is 5.75 Å². The molecule has 0 spiro atoms. The Morgan fingerprint density at radius 1 is 1.16 bits per heavy atom. The van der Waals surface area contributed by atoms with Gasteiger partial charge in [-0.3, -0.25) is 4.79 Å². The van der Waals surface area contributed by atoms with E-state index in [1.165, 1.54) is 17.3 Å². The molecular weight excluding hydrogens is 363 g/mol. The standard InChI is InChI=1S/C17H14Cl2N4O2/c1-11(25-14-5-2-12(18)3-6-14)17(24)22-15-8-13(19)4-7-16(15)23-10-20-9-21-23/h2-11H,1H3,(H,22,24). The van der Waals surface area contributed by atoms with Crippen molar-refractivity contribution < 1.29 is 9.53 Å². The monoisotopic (exact) mass is 376 g/mol. The Kier molecular flexibility index (Phi) is 5.21. The first-order valence-corrected chi connectivity index (χ1v) is 8.16. The molecule has 0 fully saturated rings. The van der Waals surface area contributed by atoms with Gasteiger partial charge in [0.15, 0.2) is 6.10 Å². The lowest BCUT2D eigenvalue weighted by atomic mass is 10.2. The highest BCUT2D eigenvalue weighted by Crippen LogP contribution is 2.24. The van der Waals surface area contributed by atoms with Gasteiger partial charge in [0.25, 0.3) is 5.91 Å². The summed E-state index contributed by atoms with van der Waals surface area (Å²) in [6.45, 7) is 1.66. The number of carbonyl (C=O) groups excluding carboxylic acids is 1. The van der Waals surface area contributed by atoms with Crippen molar-refractivity contribution in [1.82, 2.24) is 14.8 Å². The lowest BCUT2D eigenvalue weighted by Gasteiger charge is -2.16. The Morgan fingerprint density at radius 3 is 2.56 bits per heavy atom. The van der Waals surface area contributed by atoms with Gasteiger partial charge < -0.3 is 10.1 Å². The maximum Gasteiger partial charge on any atom is 0.265 e. The molecular formula is C17H14Cl2N4O2. The van der Waals surface area contributed by atoms with Gasteiger partial charge in [0.05, 0.1) is 11.4 Å². The van der Waals surface area contributed by atoms with Crippen molar-refractivity contribution in [1.29, 1.82) is 0 Å². The average Bonchev–Trinajstić information content (AvgIpc) is 3.11. The Bertz CT molecular complexity index is 867. The van der Waals surface area contributed by atoms with Gasteiger partial charge in [-0.1, -0.05) is 23.2 Å². The molecule has 1 aromatic heterocycles. The summed E-state index contributed by atoms with van der Waals surface area (Å²) in [5, 5.41) is 7.97. The zero-order valence-electron chi connectivity index (χ0n) is 13.2. The van der Waals surface area contributed by atoms with E-state index in [0.29, 0.717) is 27.2 Å². The molecule has 1 N–H and O–H groups in total. The Labute approximate surface area is 154 Å². The van der Waals surface area contributed by atoms with Crippen molar-refractivity contribution in [2.24, 2.45) is 0 Å². The van der Waals surface area contributed by atoms with Crippen LogP contribution in [-0.4, -0.2) is 26.8 Å². The lowest BCUT2D eigenvalue weighted by Crippen LogP contribution is -2.30. The van der Waals surface area contributed by atoms with Crippen LogP contribution in [0.25, 0.3) is 5.69 Å². The molecule has 1 atom stereocenters. The molecule has 1 amide bonds. The number of nitrogens with zero attached hydrogens (tertiary/aromatic N) is 3. The number of hydrogen-bond donors (Lipinski definition) is 1. The van der Waals surface area contributed by atoms with Gasteiger partial charge in [-0.2, -0.15) is 5.10 Å². The fraction of sp³-hybridized carbons (Fsp3) is 0.118. The SMILES string of the molecule is CC(Oc1ccc(Cl)cc1)C(=O)Nc1cc(Cl)ccc1-n1cncn1. The number of benzene rings is 2. The van der Waals surface area contributed by atoms with Gasteiger partial charge in [-0.25, -0.2) is 9.67 Å². The molecule has 25 heavy (non-hydrogen) atoms. The predicted molar refractivity (Wildman–Crippen MR) is 96.5 cm³/mol. The minimum atomic E-state index is -0.719. The van der Waals surface area contributed by atoms with Crippen LogP contribution in [0.3, 0.4) is 0 Å². The number of halogens is 2. The number of ether oxygens (including phenoxy) is 1. The first-order valence-electron chi connectivity index (χ1n) is 7.40. The van der Waals surface area contributed by atoms with E-state index in [4.69, 9.17) is 27.9 Å². The first kappa shape index (κ1) is 17.3. The third-order valence-electron chi connectivity index (χ3n) is 3.38. The van der Waals surface area contributed by atoms with Crippen LogP contribution < -0.4 is 10.1 Å². The molecule has 3 rings (SSSR count). The van der Waals surface area contributed by atoms with Gasteiger partial charge in [0.2, 0.25) is 0 Å². The fourth-order valence-electron chi connectivity index (χ4n) is 2.15. The van der Waals surface area contributed by atoms with Crippen molar-refractivity contribution in [3.05, 3.63) is 65.2 Å². The highest BCUT2D eigenvalue weighted by Gasteiger charge is 2.17. The van der Waals surface area contributed by atoms with E-state index in [-0.39, 0.29) is 5.91 Å². The molecule has 0 aliphatic rings. The van der Waals surface area contributed by atoms with Gasteiger partial charge in [-0.05, 0) is 49.4 Å². The smallest absolute Gasteiger partial charge is 0.265 e. The van der Waals surface area contributed by atoms with E-state index in [0.717, 1.165) is 0 Å². The number of amides is 1. The van der Waals surface area contributed by atoms with E-state index in [2.05, 4.69) is 15.4 Å². The number of hydrogen-bond acceptors (Lipinski definition) is 4. The van der Waals surface area contributed by atoms with Crippen molar-refractivity contribution >= 4 is 34.8 Å². The number of rotatable bonds is 5. The molecule has 0 saturated carbocycles. The lowest BCUT2D eigenvalue weighted by molar-refractivity contribution is -0.122. The van der Waals surface area contributed by atoms with Crippen LogP contribution in [0, 0.1) is 0 Å². The van der Waals surface area contributed by atoms with Crippen LogP contribution >= 0.6 is 23.2 Å². The fourth-order valence-corrected chi connectivity index (χ4v) is 2.44. The molecule has 0 aliphatic carbocycles. The molecule has 2 aromatic carbocycles. The third-order valence-corrected chi connectivity index (χ3v) is 3.86. The molecule has 128 valence electrons. The maximum atomic E-state index is 12.5. The summed E-state index contributed by atoms with van der Waals surface area (Å²) in [5.41, 5.74) is 1.16. The van der Waals surface area contributed by atoms with Crippen molar-refractivity contribution in [2.45, 2.75) is 13.0 Å². The van der Waals surface area contributed by atoms with E-state index in [1.807, 2.05) is 0 Å². The van der Waals surface area contributed by atoms with Gasteiger partial charge in [0.1, 0.15) is 18.4 Å². The van der Waals surface area contributed by atoms with Gasteiger partial charge in [0, 0.05) is 10.0 Å². The number of carbonyl (C=O) groups is 1. The summed E-state index contributed by atoms with van der Waals surface area (Å²) in [7, 11) is 0. The van der Waals surface area contributed by atoms with Crippen molar-refractivity contribution in [2.75, 3.05) is 5.32 Å². The molecule has 6 nitrogen and oxygen atoms in total. The summed E-state index contributed by atoms with van der Waals surface area (Å²) in [6.07, 6.45) is 2.22. The van der Waals surface area contributed by atoms with Gasteiger partial charge >= 0.3 is 0 Å². The maximum absolute atomic E-state index is 12.5. The molecule has 0 radical (unpaired) electrons. The second kappa shape index (κ2) is 7.55. The summed E-state index contributed by atoms with van der Waals surface area (Å²) >= 11 is 11.9. The summed E-state index contributed by atoms with van der Waals surface area (Å²) in [5.74, 6) is 0.230. The highest BCUT2D eigenvalue weighted by molar-refractivity contribution is 6.31. The van der Waals surface area contributed by atoms with E-state index in [9.17, 15) is 4.79 Å². The minimum absolute atomic E-state index is 0.321. The number of aromatic nitrogens is 3. The molecule has 1 heterocycles. The molecule has 1 unspecified atom stereocenters. The second-order valence-electron chi connectivity index (χ2n) is 5.20. The summed E-state index contributed by atoms with van der Waals surface area (Å²) in [6, 6.07) is 11.9. The second-order valence-corrected chi connectivity index (χ2v) is 6.08. The minimum Gasteiger partial charge on any atom is -0.481 e. The van der Waals surface area contributed by atoms with E-state index >= 15 is 0 Å². The normalized spacial score (nSPS) is 11.8. The zero-order chi connectivity index (χ0) is 17.8. The Balaban J connectivity index is 1.76. The van der Waals surface area contributed by atoms with Crippen molar-refractivity contribution in [3.8, 4) is 11.4 Å². The summed E-state index contributed by atoms with van der Waals surface area (Å²) < 4.78 is 7.16. The highest BCUT2D eigenvalue weighted by atomic mass is 35.5. The van der Waals surface area contributed by atoms with E-state index < -0.39 is 6.10 Å². The average molecular weight is 377 g/mol. The third kappa shape index (κ3) is 4.29. The zero-order valence-corrected chi connectivity index (χ0v) is 14.7. The topological polar surface area (TPSA) is 69.0 Å². The summed E-state index contributed by atoms with van der Waals surface area (Å²) in [4.78, 5) is 16.4.